The van der Waals surface area contributed by atoms with Crippen molar-refractivity contribution in [2.24, 2.45) is 5.92 Å². The first kappa shape index (κ1) is 14.7. The molecule has 3 nitrogen and oxygen atoms in total. The van der Waals surface area contributed by atoms with Crippen molar-refractivity contribution in [3.8, 4) is 5.75 Å². The van der Waals surface area contributed by atoms with Gasteiger partial charge in [-0.2, -0.15) is 13.2 Å². The number of carboxylic acids is 1. The van der Waals surface area contributed by atoms with Crippen molar-refractivity contribution in [2.75, 3.05) is 0 Å². The van der Waals surface area contributed by atoms with Crippen LogP contribution in [0.3, 0.4) is 0 Å². The molecule has 0 radical (unpaired) electrons. The van der Waals surface area contributed by atoms with Gasteiger partial charge in [0.25, 0.3) is 0 Å². The molecule has 1 aromatic carbocycles. The standard InChI is InChI=1S/C11H7ClF3IO3/c12-5-1-4-2-6(10(17)18)9(11(13,14)15)19-8(4)7(16)3-5/h1,3,6,9H,2H2,(H,17,18)/t6-,9+/m1/s1. The van der Waals surface area contributed by atoms with Gasteiger partial charge in [0, 0.05) is 5.02 Å². The Kier molecular flexibility index (Phi) is 3.87. The Morgan fingerprint density at radius 3 is 2.63 bits per heavy atom. The molecule has 0 saturated heterocycles. The maximum atomic E-state index is 12.8. The van der Waals surface area contributed by atoms with Crippen molar-refractivity contribution in [2.45, 2.75) is 18.7 Å². The minimum Gasteiger partial charge on any atom is -0.481 e. The average molecular weight is 407 g/mol. The Bertz CT molecular complexity index is 533. The van der Waals surface area contributed by atoms with Crippen molar-refractivity contribution >= 4 is 40.2 Å². The third-order valence-electron chi connectivity index (χ3n) is 2.78. The summed E-state index contributed by atoms with van der Waals surface area (Å²) in [6.45, 7) is 0. The summed E-state index contributed by atoms with van der Waals surface area (Å²) in [7, 11) is 0. The van der Waals surface area contributed by atoms with Crippen molar-refractivity contribution < 1.29 is 27.8 Å². The Labute approximate surface area is 124 Å². The zero-order valence-electron chi connectivity index (χ0n) is 9.17. The second-order valence-electron chi connectivity index (χ2n) is 4.10. The molecule has 1 heterocycles. The number of hydrogen-bond acceptors (Lipinski definition) is 2. The molecular weight excluding hydrogens is 399 g/mol. The molecule has 1 N–H and O–H groups in total. The van der Waals surface area contributed by atoms with Crippen LogP contribution in [0.5, 0.6) is 5.75 Å². The third kappa shape index (κ3) is 2.91. The lowest BCUT2D eigenvalue weighted by Crippen LogP contribution is -2.47. The summed E-state index contributed by atoms with van der Waals surface area (Å²) in [6, 6.07) is 2.90. The van der Waals surface area contributed by atoms with Gasteiger partial charge in [0.15, 0.2) is 0 Å². The molecular formula is C11H7ClF3IO3. The van der Waals surface area contributed by atoms with Crippen LogP contribution in [-0.4, -0.2) is 23.4 Å². The lowest BCUT2D eigenvalue weighted by Gasteiger charge is -2.33. The zero-order chi connectivity index (χ0) is 14.4. The molecule has 1 aromatic rings. The Balaban J connectivity index is 2.48. The molecule has 0 spiro atoms. The topological polar surface area (TPSA) is 46.5 Å². The number of hydrogen-bond donors (Lipinski definition) is 1. The second kappa shape index (κ2) is 5.01. The SMILES string of the molecule is O=C(O)[C@@H]1Cc2cc(Cl)cc(I)c2O[C@@H]1C(F)(F)F. The smallest absolute Gasteiger partial charge is 0.426 e. The number of carboxylic acid groups (broad SMARTS) is 1. The number of fused-ring (bicyclic) bond motifs is 1. The van der Waals surface area contributed by atoms with Crippen molar-refractivity contribution in [1.29, 1.82) is 0 Å². The minimum absolute atomic E-state index is 0.0600. The molecule has 1 aliphatic heterocycles. The zero-order valence-corrected chi connectivity index (χ0v) is 12.1. The van der Waals surface area contributed by atoms with Gasteiger partial charge in [0.05, 0.1) is 3.57 Å². The van der Waals surface area contributed by atoms with Crippen LogP contribution in [-0.2, 0) is 11.2 Å². The van der Waals surface area contributed by atoms with E-state index in [1.54, 1.807) is 0 Å². The third-order valence-corrected chi connectivity index (χ3v) is 3.79. The number of ether oxygens (including phenoxy) is 1. The predicted molar refractivity (Wildman–Crippen MR) is 69.5 cm³/mol. The molecule has 0 unspecified atom stereocenters. The van der Waals surface area contributed by atoms with Gasteiger partial charge >= 0.3 is 12.1 Å². The summed E-state index contributed by atoms with van der Waals surface area (Å²) >= 11 is 7.61. The van der Waals surface area contributed by atoms with Crippen LogP contribution in [0.15, 0.2) is 12.1 Å². The fourth-order valence-electron chi connectivity index (χ4n) is 1.96. The number of alkyl halides is 3. The van der Waals surface area contributed by atoms with E-state index in [4.69, 9.17) is 21.4 Å². The van der Waals surface area contributed by atoms with E-state index in [0.717, 1.165) is 0 Å². The van der Waals surface area contributed by atoms with Crippen LogP contribution >= 0.6 is 34.2 Å². The molecule has 0 aromatic heterocycles. The number of carbonyl (C=O) groups is 1. The number of halogens is 5. The van der Waals surface area contributed by atoms with Gasteiger partial charge in [0.2, 0.25) is 6.10 Å². The fourth-order valence-corrected chi connectivity index (χ4v) is 3.20. The van der Waals surface area contributed by atoms with Crippen LogP contribution in [0.25, 0.3) is 0 Å². The largest absolute Gasteiger partial charge is 0.481 e. The second-order valence-corrected chi connectivity index (χ2v) is 5.70. The van der Waals surface area contributed by atoms with Gasteiger partial charge in [-0.15, -0.1) is 0 Å². The summed E-state index contributed by atoms with van der Waals surface area (Å²) in [6.07, 6.45) is -7.33. The first-order valence-electron chi connectivity index (χ1n) is 5.14. The van der Waals surface area contributed by atoms with E-state index >= 15 is 0 Å². The molecule has 0 bridgehead atoms. The molecule has 8 heteroatoms. The van der Waals surface area contributed by atoms with E-state index in [2.05, 4.69) is 0 Å². The van der Waals surface area contributed by atoms with Crippen molar-refractivity contribution in [1.82, 2.24) is 0 Å². The molecule has 2 rings (SSSR count). The highest BCUT2D eigenvalue weighted by Crippen LogP contribution is 2.41. The normalized spacial score (nSPS) is 22.6. The van der Waals surface area contributed by atoms with Crippen LogP contribution in [0, 0.1) is 9.49 Å². The lowest BCUT2D eigenvalue weighted by molar-refractivity contribution is -0.217. The highest BCUT2D eigenvalue weighted by Gasteiger charge is 2.52. The van der Waals surface area contributed by atoms with Crippen LogP contribution in [0.1, 0.15) is 5.56 Å². The molecule has 0 fully saturated rings. The highest BCUT2D eigenvalue weighted by atomic mass is 127. The molecule has 0 aliphatic carbocycles. The average Bonchev–Trinajstić information content (AvgIpc) is 2.25. The molecule has 19 heavy (non-hydrogen) atoms. The van der Waals surface area contributed by atoms with Gasteiger partial charge in [-0.1, -0.05) is 11.6 Å². The number of benzene rings is 1. The summed E-state index contributed by atoms with van der Waals surface area (Å²) in [5.41, 5.74) is 0.379. The van der Waals surface area contributed by atoms with E-state index < -0.39 is 24.2 Å². The summed E-state index contributed by atoms with van der Waals surface area (Å²) in [5, 5.41) is 9.26. The maximum absolute atomic E-state index is 12.8. The lowest BCUT2D eigenvalue weighted by atomic mass is 9.90. The molecule has 104 valence electrons. The van der Waals surface area contributed by atoms with E-state index in [1.165, 1.54) is 12.1 Å². The van der Waals surface area contributed by atoms with Crippen LogP contribution in [0.4, 0.5) is 13.2 Å². The van der Waals surface area contributed by atoms with Gasteiger partial charge in [-0.3, -0.25) is 4.79 Å². The van der Waals surface area contributed by atoms with Gasteiger partial charge in [0.1, 0.15) is 11.7 Å². The van der Waals surface area contributed by atoms with Crippen molar-refractivity contribution in [3.05, 3.63) is 26.3 Å². The molecule has 1 aliphatic rings. The van der Waals surface area contributed by atoms with E-state index in [1.807, 2.05) is 22.6 Å². The van der Waals surface area contributed by atoms with Gasteiger partial charge in [-0.25, -0.2) is 0 Å². The Morgan fingerprint density at radius 2 is 2.11 bits per heavy atom. The van der Waals surface area contributed by atoms with Gasteiger partial charge in [-0.05, 0) is 46.7 Å². The summed E-state index contributed by atoms with van der Waals surface area (Å²) in [4.78, 5) is 11.0. The first-order valence-corrected chi connectivity index (χ1v) is 6.60. The maximum Gasteiger partial charge on any atom is 0.426 e. The molecule has 0 amide bonds. The Hall–Kier alpha value is -0.700. The van der Waals surface area contributed by atoms with Gasteiger partial charge < -0.3 is 9.84 Å². The van der Waals surface area contributed by atoms with E-state index in [0.29, 0.717) is 14.2 Å². The number of rotatable bonds is 1. The Morgan fingerprint density at radius 1 is 1.47 bits per heavy atom. The minimum atomic E-state index is -4.73. The number of aliphatic carboxylic acids is 1. The quantitative estimate of drug-likeness (QED) is 0.726. The fraction of sp³-hybridized carbons (Fsp3) is 0.364. The molecule has 0 saturated carbocycles. The van der Waals surface area contributed by atoms with E-state index in [-0.39, 0.29) is 12.2 Å². The van der Waals surface area contributed by atoms with Crippen molar-refractivity contribution in [3.63, 3.8) is 0 Å². The summed E-state index contributed by atoms with van der Waals surface area (Å²) < 4.78 is 43.8. The monoisotopic (exact) mass is 406 g/mol. The first-order chi connectivity index (χ1) is 8.70. The highest BCUT2D eigenvalue weighted by molar-refractivity contribution is 14.1. The predicted octanol–water partition coefficient (Wildman–Crippen LogP) is 3.51. The molecule has 2 atom stereocenters. The van der Waals surface area contributed by atoms with Crippen LogP contribution < -0.4 is 4.74 Å². The van der Waals surface area contributed by atoms with E-state index in [9.17, 15) is 18.0 Å². The summed E-state index contributed by atoms with van der Waals surface area (Å²) in [5.74, 6) is -3.14. The van der Waals surface area contributed by atoms with Crippen LogP contribution in [0.2, 0.25) is 5.02 Å².